The molecule has 0 bridgehead atoms. The Morgan fingerprint density at radius 2 is 2.04 bits per heavy atom. The van der Waals surface area contributed by atoms with Crippen LogP contribution in [0.4, 0.5) is 10.5 Å². The Labute approximate surface area is 163 Å². The van der Waals surface area contributed by atoms with Crippen LogP contribution < -0.4 is 10.0 Å². The van der Waals surface area contributed by atoms with Gasteiger partial charge in [0, 0.05) is 5.69 Å². The number of rotatable bonds is 5. The lowest BCUT2D eigenvalue weighted by Gasteiger charge is -2.16. The van der Waals surface area contributed by atoms with Gasteiger partial charge in [0.25, 0.3) is 10.0 Å². The van der Waals surface area contributed by atoms with Crippen molar-refractivity contribution >= 4 is 33.1 Å². The van der Waals surface area contributed by atoms with Crippen LogP contribution in [0.25, 0.3) is 0 Å². The number of urea groups is 1. The molecular formula is C19H24N2O4S2. The van der Waals surface area contributed by atoms with E-state index in [0.717, 1.165) is 53.8 Å². The molecule has 1 aliphatic carbocycles. The molecule has 1 heterocycles. The van der Waals surface area contributed by atoms with Gasteiger partial charge in [0.2, 0.25) is 0 Å². The highest BCUT2D eigenvalue weighted by Crippen LogP contribution is 2.32. The molecule has 0 spiro atoms. The van der Waals surface area contributed by atoms with E-state index in [1.165, 1.54) is 11.6 Å². The summed E-state index contributed by atoms with van der Waals surface area (Å²) in [6.45, 7) is 5.15. The number of carbonyl (C=O) groups excluding carboxylic acids is 1. The van der Waals surface area contributed by atoms with Crippen LogP contribution in [0.5, 0.6) is 0 Å². The van der Waals surface area contributed by atoms with Crippen LogP contribution >= 0.6 is 11.3 Å². The van der Waals surface area contributed by atoms with Crippen LogP contribution in [0.1, 0.15) is 49.4 Å². The third-order valence-electron chi connectivity index (χ3n) is 4.76. The third-order valence-corrected chi connectivity index (χ3v) is 7.53. The lowest BCUT2D eigenvalue weighted by Crippen LogP contribution is -2.34. The van der Waals surface area contributed by atoms with E-state index < -0.39 is 21.7 Å². The Bertz CT molecular complexity index is 972. The Morgan fingerprint density at radius 1 is 1.30 bits per heavy atom. The van der Waals surface area contributed by atoms with E-state index in [9.17, 15) is 18.3 Å². The molecule has 0 atom stereocenters. The fraction of sp³-hybridized carbons (Fsp3) is 0.421. The number of nitrogens with one attached hydrogen (secondary N) is 2. The molecule has 0 saturated heterocycles. The normalized spacial score (nSPS) is 14.1. The van der Waals surface area contributed by atoms with Gasteiger partial charge in [0.15, 0.2) is 0 Å². The second-order valence-electron chi connectivity index (χ2n) is 7.22. The Hall–Kier alpha value is -1.90. The highest BCUT2D eigenvalue weighted by molar-refractivity contribution is 7.92. The first-order valence-corrected chi connectivity index (χ1v) is 11.3. The maximum Gasteiger partial charge on any atom is 0.333 e. The van der Waals surface area contributed by atoms with Crippen molar-refractivity contribution in [1.82, 2.24) is 4.72 Å². The molecule has 0 aliphatic heterocycles. The van der Waals surface area contributed by atoms with Gasteiger partial charge >= 0.3 is 6.03 Å². The SMILES string of the molecule is CCc1ccc2c(c1NC(=O)NS(=O)(=O)c1cc(C(C)(C)O)cs1)CCC2. The van der Waals surface area contributed by atoms with Crippen molar-refractivity contribution in [2.45, 2.75) is 56.3 Å². The van der Waals surface area contributed by atoms with Gasteiger partial charge in [-0.15, -0.1) is 11.3 Å². The average molecular weight is 409 g/mol. The minimum absolute atomic E-state index is 0.0104. The number of aryl methyl sites for hydroxylation is 2. The number of hydrogen-bond acceptors (Lipinski definition) is 5. The Morgan fingerprint density at radius 3 is 2.67 bits per heavy atom. The van der Waals surface area contributed by atoms with Gasteiger partial charge in [-0.05, 0) is 73.2 Å². The summed E-state index contributed by atoms with van der Waals surface area (Å²) in [7, 11) is -4.01. The number of benzene rings is 1. The summed E-state index contributed by atoms with van der Waals surface area (Å²) in [6, 6.07) is 4.69. The molecule has 1 aromatic carbocycles. The topological polar surface area (TPSA) is 95.5 Å². The van der Waals surface area contributed by atoms with Crippen LogP contribution in [-0.4, -0.2) is 19.6 Å². The number of fused-ring (bicyclic) bond motifs is 1. The maximum absolute atomic E-state index is 12.5. The van der Waals surface area contributed by atoms with E-state index in [1.807, 2.05) is 13.0 Å². The quantitative estimate of drug-likeness (QED) is 0.705. The fourth-order valence-corrected chi connectivity index (χ4v) is 5.50. The van der Waals surface area contributed by atoms with Crippen LogP contribution in [0.2, 0.25) is 0 Å². The van der Waals surface area contributed by atoms with Crippen molar-refractivity contribution in [1.29, 1.82) is 0 Å². The molecule has 3 rings (SSSR count). The summed E-state index contributed by atoms with van der Waals surface area (Å²) in [6.07, 6.45) is 3.63. The summed E-state index contributed by atoms with van der Waals surface area (Å²) in [5, 5.41) is 14.3. The Kier molecular flexibility index (Phi) is 5.33. The molecule has 8 heteroatoms. The second-order valence-corrected chi connectivity index (χ2v) is 10.0. The molecule has 0 fully saturated rings. The predicted octanol–water partition coefficient (Wildman–Crippen LogP) is 3.54. The molecule has 6 nitrogen and oxygen atoms in total. The largest absolute Gasteiger partial charge is 0.386 e. The first kappa shape index (κ1) is 19.9. The summed E-state index contributed by atoms with van der Waals surface area (Å²) in [4.78, 5) is 12.4. The monoisotopic (exact) mass is 408 g/mol. The zero-order chi connectivity index (χ0) is 19.8. The second kappa shape index (κ2) is 7.26. The number of amides is 2. The van der Waals surface area contributed by atoms with E-state index in [1.54, 1.807) is 19.2 Å². The van der Waals surface area contributed by atoms with Crippen molar-refractivity contribution in [2.75, 3.05) is 5.32 Å². The smallest absolute Gasteiger partial charge is 0.333 e. The molecule has 146 valence electrons. The number of hydrogen-bond donors (Lipinski definition) is 3. The van der Waals surface area contributed by atoms with Gasteiger partial charge in [-0.3, -0.25) is 0 Å². The summed E-state index contributed by atoms with van der Waals surface area (Å²) >= 11 is 0.969. The van der Waals surface area contributed by atoms with Crippen molar-refractivity contribution in [3.63, 3.8) is 0 Å². The van der Waals surface area contributed by atoms with E-state index in [4.69, 9.17) is 0 Å². The number of sulfonamides is 1. The molecule has 1 aromatic heterocycles. The van der Waals surface area contributed by atoms with Gasteiger partial charge in [0.05, 0.1) is 5.60 Å². The van der Waals surface area contributed by atoms with Crippen LogP contribution in [0.3, 0.4) is 0 Å². The van der Waals surface area contributed by atoms with Crippen LogP contribution in [-0.2, 0) is 34.9 Å². The molecule has 0 unspecified atom stereocenters. The highest BCUT2D eigenvalue weighted by atomic mass is 32.2. The minimum atomic E-state index is -4.01. The number of carbonyl (C=O) groups is 1. The average Bonchev–Trinajstić information content (AvgIpc) is 3.24. The van der Waals surface area contributed by atoms with E-state index in [2.05, 4.69) is 16.1 Å². The van der Waals surface area contributed by atoms with E-state index in [-0.39, 0.29) is 4.21 Å². The molecule has 0 saturated carbocycles. The van der Waals surface area contributed by atoms with Crippen molar-refractivity contribution in [3.8, 4) is 0 Å². The summed E-state index contributed by atoms with van der Waals surface area (Å²) < 4.78 is 27.1. The molecular weight excluding hydrogens is 384 g/mol. The highest BCUT2D eigenvalue weighted by Gasteiger charge is 2.25. The van der Waals surface area contributed by atoms with E-state index >= 15 is 0 Å². The predicted molar refractivity (Wildman–Crippen MR) is 107 cm³/mol. The van der Waals surface area contributed by atoms with Crippen molar-refractivity contribution in [3.05, 3.63) is 45.8 Å². The number of anilines is 1. The molecule has 2 aromatic rings. The molecule has 1 aliphatic rings. The van der Waals surface area contributed by atoms with Crippen molar-refractivity contribution < 1.29 is 18.3 Å². The lowest BCUT2D eigenvalue weighted by molar-refractivity contribution is 0.0789. The summed E-state index contributed by atoms with van der Waals surface area (Å²) in [5.74, 6) is 0. The minimum Gasteiger partial charge on any atom is -0.386 e. The lowest BCUT2D eigenvalue weighted by atomic mass is 10.0. The first-order valence-electron chi connectivity index (χ1n) is 8.90. The molecule has 0 radical (unpaired) electrons. The third kappa shape index (κ3) is 4.17. The summed E-state index contributed by atoms with van der Waals surface area (Å²) in [5.41, 5.74) is 3.36. The Balaban J connectivity index is 1.80. The maximum atomic E-state index is 12.5. The van der Waals surface area contributed by atoms with Gasteiger partial charge in [0.1, 0.15) is 4.21 Å². The van der Waals surface area contributed by atoms with Gasteiger partial charge in [-0.2, -0.15) is 0 Å². The number of aliphatic hydroxyl groups is 1. The zero-order valence-electron chi connectivity index (χ0n) is 15.6. The van der Waals surface area contributed by atoms with Gasteiger partial charge < -0.3 is 10.4 Å². The zero-order valence-corrected chi connectivity index (χ0v) is 17.3. The molecule has 2 amide bonds. The molecule has 3 N–H and O–H groups in total. The van der Waals surface area contributed by atoms with E-state index in [0.29, 0.717) is 5.56 Å². The van der Waals surface area contributed by atoms with Gasteiger partial charge in [-0.25, -0.2) is 17.9 Å². The van der Waals surface area contributed by atoms with Crippen LogP contribution in [0.15, 0.2) is 27.8 Å². The van der Waals surface area contributed by atoms with Gasteiger partial charge in [-0.1, -0.05) is 19.1 Å². The van der Waals surface area contributed by atoms with Crippen molar-refractivity contribution in [2.24, 2.45) is 0 Å². The molecule has 27 heavy (non-hydrogen) atoms. The number of thiophene rings is 1. The first-order chi connectivity index (χ1) is 12.6. The fourth-order valence-electron chi connectivity index (χ4n) is 3.25. The van der Waals surface area contributed by atoms with Crippen LogP contribution in [0, 0.1) is 0 Å². The standard InChI is InChI=1S/C19H24N2O4S2/c1-4-12-8-9-13-6-5-7-15(13)17(12)20-18(22)21-27(24,25)16-10-14(11-26-16)19(2,3)23/h8-11,23H,4-7H2,1-3H3,(H2,20,21,22).